The summed E-state index contributed by atoms with van der Waals surface area (Å²) in [4.78, 5) is 36.9. The number of aliphatic imine (C=N–C) groups is 2. The first-order valence-corrected chi connectivity index (χ1v) is 10.9. The average Bonchev–Trinajstić information content (AvgIpc) is 2.99. The first-order chi connectivity index (χ1) is 12.1. The molecule has 0 aromatic carbocycles. The summed E-state index contributed by atoms with van der Waals surface area (Å²) < 4.78 is 0. The van der Waals surface area contributed by atoms with Gasteiger partial charge in [-0.1, -0.05) is 30.4 Å². The van der Waals surface area contributed by atoms with E-state index in [0.29, 0.717) is 16.8 Å². The Hall–Kier alpha value is -1.08. The lowest BCUT2D eigenvalue weighted by atomic mass is 9.89. The number of nitrogens with zero attached hydrogens (tertiary/aromatic N) is 3. The van der Waals surface area contributed by atoms with Crippen LogP contribution in [0.1, 0.15) is 45.4 Å². The van der Waals surface area contributed by atoms with Crippen LogP contribution in [0.4, 0.5) is 0 Å². The molecule has 0 radical (unpaired) electrons. The molecule has 1 fully saturated rings. The number of amidine groups is 1. The molecule has 0 saturated carbocycles. The molecule has 1 saturated heterocycles. The Morgan fingerprint density at radius 2 is 2.00 bits per heavy atom. The van der Waals surface area contributed by atoms with Gasteiger partial charge in [0.15, 0.2) is 5.17 Å². The summed E-state index contributed by atoms with van der Waals surface area (Å²) in [7, 11) is 0. The molecule has 134 valence electrons. The lowest BCUT2D eigenvalue weighted by Crippen LogP contribution is -2.39. The molecule has 25 heavy (non-hydrogen) atoms. The highest BCUT2D eigenvalue weighted by Crippen LogP contribution is 2.47. The van der Waals surface area contributed by atoms with Crippen LogP contribution in [0, 0.1) is 11.8 Å². The van der Waals surface area contributed by atoms with E-state index in [1.807, 2.05) is 4.90 Å². The third-order valence-electron chi connectivity index (χ3n) is 5.40. The minimum atomic E-state index is -0.219. The number of hydrogen-bond acceptors (Lipinski definition) is 5. The Bertz CT molecular complexity index is 690. The van der Waals surface area contributed by atoms with E-state index in [-0.39, 0.29) is 17.7 Å². The normalized spacial score (nSPS) is 27.0. The van der Waals surface area contributed by atoms with Gasteiger partial charge in [0.25, 0.3) is 5.91 Å². The molecule has 1 unspecified atom stereocenters. The zero-order valence-electron chi connectivity index (χ0n) is 14.5. The minimum Gasteiger partial charge on any atom is -0.342 e. The average molecular weight is 378 g/mol. The maximum absolute atomic E-state index is 12.5. The van der Waals surface area contributed by atoms with Gasteiger partial charge in [-0.25, -0.2) is 4.99 Å². The maximum Gasteiger partial charge on any atom is 0.262 e. The van der Waals surface area contributed by atoms with Gasteiger partial charge >= 0.3 is 0 Å². The smallest absolute Gasteiger partial charge is 0.262 e. The van der Waals surface area contributed by atoms with Crippen LogP contribution in [0.2, 0.25) is 0 Å². The van der Waals surface area contributed by atoms with Crippen LogP contribution in [0.25, 0.3) is 0 Å². The van der Waals surface area contributed by atoms with Crippen LogP contribution < -0.4 is 0 Å². The number of fused-ring (bicyclic) bond motifs is 2. The van der Waals surface area contributed by atoms with Gasteiger partial charge in [-0.3, -0.25) is 9.59 Å². The number of rotatable bonds is 2. The Morgan fingerprint density at radius 3 is 2.80 bits per heavy atom. The van der Waals surface area contributed by atoms with Crippen molar-refractivity contribution in [2.75, 3.05) is 18.8 Å². The SMILES string of the molecule is CC1CCN(C(=O)CSC2=NC(=O)C3C(=N2)SC2=C3CCCC2)CC1. The summed E-state index contributed by atoms with van der Waals surface area (Å²) in [6.45, 7) is 3.92. The van der Waals surface area contributed by atoms with Gasteiger partial charge in [-0.2, -0.15) is 4.99 Å². The fourth-order valence-corrected chi connectivity index (χ4v) is 5.97. The van der Waals surface area contributed by atoms with Crippen molar-refractivity contribution >= 4 is 45.5 Å². The van der Waals surface area contributed by atoms with Crippen LogP contribution in [0.3, 0.4) is 0 Å². The van der Waals surface area contributed by atoms with Crippen LogP contribution in [0.15, 0.2) is 20.5 Å². The van der Waals surface area contributed by atoms with Crippen molar-refractivity contribution in [3.05, 3.63) is 10.5 Å². The Balaban J connectivity index is 1.37. The molecule has 4 aliphatic rings. The molecular weight excluding hydrogens is 354 g/mol. The Labute approximate surface area is 156 Å². The zero-order chi connectivity index (χ0) is 17.4. The summed E-state index contributed by atoms with van der Waals surface area (Å²) in [6, 6.07) is 0. The monoisotopic (exact) mass is 377 g/mol. The van der Waals surface area contributed by atoms with Crippen LogP contribution in [-0.2, 0) is 9.59 Å². The van der Waals surface area contributed by atoms with E-state index in [2.05, 4.69) is 16.9 Å². The van der Waals surface area contributed by atoms with Crippen LogP contribution in [-0.4, -0.2) is 45.8 Å². The van der Waals surface area contributed by atoms with E-state index in [0.717, 1.165) is 50.2 Å². The number of allylic oxidation sites excluding steroid dienone is 1. The van der Waals surface area contributed by atoms with Crippen molar-refractivity contribution in [3.63, 3.8) is 0 Å². The fourth-order valence-electron chi connectivity index (χ4n) is 3.82. The maximum atomic E-state index is 12.5. The molecule has 2 amide bonds. The van der Waals surface area contributed by atoms with Gasteiger partial charge in [0.1, 0.15) is 5.92 Å². The second kappa shape index (κ2) is 7.27. The highest BCUT2D eigenvalue weighted by atomic mass is 32.2. The van der Waals surface area contributed by atoms with Crippen molar-refractivity contribution in [1.82, 2.24) is 4.90 Å². The standard InChI is InChI=1S/C18H23N3O2S2/c1-11-6-8-21(9-7-11)14(22)10-24-18-19-16(23)15-12-4-2-3-5-13(12)25-17(15)20-18/h11,15H,2-10H2,1H3. The predicted molar refractivity (Wildman–Crippen MR) is 104 cm³/mol. The first-order valence-electron chi connectivity index (χ1n) is 9.13. The zero-order valence-corrected chi connectivity index (χ0v) is 16.1. The largest absolute Gasteiger partial charge is 0.342 e. The van der Waals surface area contributed by atoms with E-state index in [1.54, 1.807) is 11.8 Å². The molecule has 0 bridgehead atoms. The number of carbonyl (C=O) groups is 2. The van der Waals surface area contributed by atoms with Crippen molar-refractivity contribution < 1.29 is 9.59 Å². The third-order valence-corrected chi connectivity index (χ3v) is 7.48. The summed E-state index contributed by atoms with van der Waals surface area (Å²) in [5, 5.41) is 1.34. The van der Waals surface area contributed by atoms with Crippen LogP contribution >= 0.6 is 23.5 Å². The van der Waals surface area contributed by atoms with Gasteiger partial charge < -0.3 is 4.90 Å². The Morgan fingerprint density at radius 1 is 1.24 bits per heavy atom. The fraction of sp³-hybridized carbons (Fsp3) is 0.667. The van der Waals surface area contributed by atoms with E-state index < -0.39 is 0 Å². The number of piperidine rings is 1. The highest BCUT2D eigenvalue weighted by Gasteiger charge is 2.40. The molecule has 1 atom stereocenters. The molecule has 1 aliphatic carbocycles. The Kier molecular flexibility index (Phi) is 5.04. The van der Waals surface area contributed by atoms with E-state index in [1.165, 1.54) is 28.7 Å². The van der Waals surface area contributed by atoms with E-state index in [9.17, 15) is 9.59 Å². The predicted octanol–water partition coefficient (Wildman–Crippen LogP) is 3.46. The summed E-state index contributed by atoms with van der Waals surface area (Å²) in [5.74, 6) is 0.846. The molecular formula is C18H23N3O2S2. The topological polar surface area (TPSA) is 62.1 Å². The van der Waals surface area contributed by atoms with Crippen molar-refractivity contribution in [1.29, 1.82) is 0 Å². The first kappa shape index (κ1) is 17.3. The number of carbonyl (C=O) groups excluding carboxylic acids is 2. The summed E-state index contributed by atoms with van der Waals surface area (Å²) >= 11 is 2.97. The van der Waals surface area contributed by atoms with Crippen molar-refractivity contribution in [3.8, 4) is 0 Å². The number of amides is 2. The quantitative estimate of drug-likeness (QED) is 0.739. The van der Waals surface area contributed by atoms with Gasteiger partial charge in [0, 0.05) is 13.1 Å². The van der Waals surface area contributed by atoms with Gasteiger partial charge in [-0.05, 0) is 54.9 Å². The number of thioether (sulfide) groups is 2. The molecule has 0 spiro atoms. The van der Waals surface area contributed by atoms with Gasteiger partial charge in [0.2, 0.25) is 5.91 Å². The number of hydrogen-bond donors (Lipinski definition) is 0. The molecule has 4 rings (SSSR count). The number of likely N-dealkylation sites (tertiary alicyclic amines) is 1. The second-order valence-corrected chi connectivity index (χ2v) is 9.28. The molecule has 0 aromatic rings. The lowest BCUT2D eigenvalue weighted by Gasteiger charge is -2.30. The molecule has 3 aliphatic heterocycles. The van der Waals surface area contributed by atoms with E-state index >= 15 is 0 Å². The molecule has 3 heterocycles. The van der Waals surface area contributed by atoms with E-state index in [4.69, 9.17) is 0 Å². The second-order valence-electron chi connectivity index (χ2n) is 7.23. The molecule has 0 aromatic heterocycles. The van der Waals surface area contributed by atoms with Crippen LogP contribution in [0.5, 0.6) is 0 Å². The van der Waals surface area contributed by atoms with Crippen molar-refractivity contribution in [2.45, 2.75) is 45.4 Å². The molecule has 5 nitrogen and oxygen atoms in total. The van der Waals surface area contributed by atoms with Gasteiger partial charge in [0.05, 0.1) is 10.8 Å². The summed E-state index contributed by atoms with van der Waals surface area (Å²) in [5.41, 5.74) is 1.26. The highest BCUT2D eigenvalue weighted by molar-refractivity contribution is 8.18. The third kappa shape index (κ3) is 3.58. The summed E-state index contributed by atoms with van der Waals surface area (Å²) in [6.07, 6.45) is 6.58. The molecule has 0 N–H and O–H groups in total. The lowest BCUT2D eigenvalue weighted by molar-refractivity contribution is -0.129. The molecule has 7 heteroatoms. The van der Waals surface area contributed by atoms with Crippen molar-refractivity contribution in [2.24, 2.45) is 21.8 Å². The van der Waals surface area contributed by atoms with Gasteiger partial charge in [-0.15, -0.1) is 0 Å². The minimum absolute atomic E-state index is 0.0915.